The van der Waals surface area contributed by atoms with Crippen LogP contribution in [0.15, 0.2) is 64.3 Å². The normalized spacial score (nSPS) is 12.2. The number of nitrogens with one attached hydrogen (secondary N) is 4. The second-order valence-electron chi connectivity index (χ2n) is 7.73. The number of amides is 1. The number of esters is 1. The van der Waals surface area contributed by atoms with E-state index in [0.29, 0.717) is 17.1 Å². The monoisotopic (exact) mass is 534 g/mol. The van der Waals surface area contributed by atoms with Gasteiger partial charge in [-0.3, -0.25) is 9.52 Å². The van der Waals surface area contributed by atoms with Crippen molar-refractivity contribution in [3.8, 4) is 0 Å². The van der Waals surface area contributed by atoms with Gasteiger partial charge in [-0.25, -0.2) is 31.2 Å². The molecular weight excluding hydrogens is 517 g/mol. The summed E-state index contributed by atoms with van der Waals surface area (Å²) in [5, 5.41) is 2.00. The van der Waals surface area contributed by atoms with Crippen LogP contribution in [0.25, 0.3) is 11.0 Å². The zero-order valence-corrected chi connectivity index (χ0v) is 19.6. The van der Waals surface area contributed by atoms with Crippen molar-refractivity contribution in [3.05, 3.63) is 88.1 Å². The van der Waals surface area contributed by atoms with Gasteiger partial charge in [0.2, 0.25) is 0 Å². The highest BCUT2D eigenvalue weighted by atomic mass is 32.2. The molecule has 4 N–H and O–H groups in total. The number of hydrogen-bond acceptors (Lipinski definition) is 6. The minimum absolute atomic E-state index is 0.0343. The quantitative estimate of drug-likeness (QED) is 0.211. The lowest BCUT2D eigenvalue weighted by Gasteiger charge is -2.14. The fourth-order valence-electron chi connectivity index (χ4n) is 3.21. The maximum Gasteiger partial charge on any atom is 0.338 e. The summed E-state index contributed by atoms with van der Waals surface area (Å²) < 4.78 is 72.8. The van der Waals surface area contributed by atoms with E-state index in [-0.39, 0.29) is 16.1 Å². The van der Waals surface area contributed by atoms with Gasteiger partial charge >= 0.3 is 11.7 Å². The molecular formula is C23H17F3N4O6S. The van der Waals surface area contributed by atoms with Gasteiger partial charge in [0.25, 0.3) is 15.9 Å². The molecule has 1 aromatic heterocycles. The predicted molar refractivity (Wildman–Crippen MR) is 126 cm³/mol. The standard InChI is InChI=1S/C23H17F3N4O6S/c1-11(21(31)27-17-9-7-15(24)19(25)20(17)26)36-22(32)12-2-4-13(5-3-12)30-37(34,35)14-6-8-16-18(10-14)29-23(33)28-16/h2-11,30H,1H3,(H,27,31)(H2,28,29,33). The van der Waals surface area contributed by atoms with E-state index in [4.69, 9.17) is 4.74 Å². The smallest absolute Gasteiger partial charge is 0.338 e. The van der Waals surface area contributed by atoms with Gasteiger partial charge in [0.05, 0.1) is 27.2 Å². The fraction of sp³-hybridized carbons (Fsp3) is 0.0870. The van der Waals surface area contributed by atoms with E-state index in [9.17, 15) is 36.0 Å². The molecule has 14 heteroatoms. The van der Waals surface area contributed by atoms with Crippen molar-refractivity contribution in [2.75, 3.05) is 10.0 Å². The lowest BCUT2D eigenvalue weighted by atomic mass is 10.2. The van der Waals surface area contributed by atoms with Gasteiger partial charge in [0.15, 0.2) is 23.6 Å². The summed E-state index contributed by atoms with van der Waals surface area (Å²) in [4.78, 5) is 40.8. The lowest BCUT2D eigenvalue weighted by molar-refractivity contribution is -0.123. The maximum absolute atomic E-state index is 13.7. The summed E-state index contributed by atoms with van der Waals surface area (Å²) in [6, 6.07) is 10.5. The molecule has 1 heterocycles. The van der Waals surface area contributed by atoms with Crippen molar-refractivity contribution < 1.29 is 35.9 Å². The van der Waals surface area contributed by atoms with Crippen molar-refractivity contribution in [1.29, 1.82) is 0 Å². The number of fused-ring (bicyclic) bond motifs is 1. The van der Waals surface area contributed by atoms with Crippen LogP contribution in [0.4, 0.5) is 24.5 Å². The molecule has 1 unspecified atom stereocenters. The molecule has 0 bridgehead atoms. The number of carbonyl (C=O) groups is 2. The van der Waals surface area contributed by atoms with Gasteiger partial charge in [-0.15, -0.1) is 0 Å². The Bertz CT molecular complexity index is 1680. The zero-order valence-electron chi connectivity index (χ0n) is 18.8. The fourth-order valence-corrected chi connectivity index (χ4v) is 4.29. The van der Waals surface area contributed by atoms with Crippen LogP contribution in [0, 0.1) is 17.5 Å². The molecule has 3 aromatic carbocycles. The maximum atomic E-state index is 13.7. The van der Waals surface area contributed by atoms with Crippen LogP contribution in [0.1, 0.15) is 17.3 Å². The Balaban J connectivity index is 1.40. The number of halogens is 3. The van der Waals surface area contributed by atoms with Crippen molar-refractivity contribution in [2.45, 2.75) is 17.9 Å². The van der Waals surface area contributed by atoms with E-state index in [1.807, 2.05) is 5.32 Å². The van der Waals surface area contributed by atoms with E-state index < -0.39 is 56.8 Å². The SMILES string of the molecule is CC(OC(=O)c1ccc(NS(=O)(=O)c2ccc3[nH]c(=O)[nH]c3c2)cc1)C(=O)Nc1ccc(F)c(F)c1F. The first-order valence-corrected chi connectivity index (χ1v) is 11.9. The summed E-state index contributed by atoms with van der Waals surface area (Å²) in [6.45, 7) is 1.18. The van der Waals surface area contributed by atoms with Gasteiger partial charge < -0.3 is 20.0 Å². The molecule has 37 heavy (non-hydrogen) atoms. The first-order chi connectivity index (χ1) is 17.4. The van der Waals surface area contributed by atoms with Gasteiger partial charge in [0, 0.05) is 5.69 Å². The number of H-pyrrole nitrogens is 2. The summed E-state index contributed by atoms with van der Waals surface area (Å²) in [6.07, 6.45) is -1.44. The van der Waals surface area contributed by atoms with Crippen LogP contribution in [-0.2, 0) is 19.6 Å². The lowest BCUT2D eigenvalue weighted by Crippen LogP contribution is -2.30. The summed E-state index contributed by atoms with van der Waals surface area (Å²) in [5.74, 6) is -6.75. The molecule has 4 aromatic rings. The molecule has 0 spiro atoms. The Labute approximate surface area is 206 Å². The van der Waals surface area contributed by atoms with E-state index in [2.05, 4.69) is 14.7 Å². The number of imidazole rings is 1. The molecule has 1 atom stereocenters. The van der Waals surface area contributed by atoms with Crippen LogP contribution in [-0.4, -0.2) is 36.4 Å². The van der Waals surface area contributed by atoms with Gasteiger partial charge in [0.1, 0.15) is 0 Å². The number of rotatable bonds is 7. The van der Waals surface area contributed by atoms with E-state index in [1.165, 1.54) is 49.4 Å². The molecule has 0 aliphatic heterocycles. The highest BCUT2D eigenvalue weighted by Crippen LogP contribution is 2.21. The highest BCUT2D eigenvalue weighted by Gasteiger charge is 2.22. The van der Waals surface area contributed by atoms with Crippen molar-refractivity contribution in [2.24, 2.45) is 0 Å². The summed E-state index contributed by atoms with van der Waals surface area (Å²) in [7, 11) is -4.03. The molecule has 1 amide bonds. The second kappa shape index (κ2) is 9.81. The Kier molecular flexibility index (Phi) is 6.76. The Morgan fingerprint density at radius 3 is 2.30 bits per heavy atom. The van der Waals surface area contributed by atoms with E-state index in [0.717, 1.165) is 6.07 Å². The number of benzene rings is 3. The molecule has 4 rings (SSSR count). The molecule has 0 fully saturated rings. The average Bonchev–Trinajstić information content (AvgIpc) is 3.23. The minimum atomic E-state index is -4.03. The first kappa shape index (κ1) is 25.5. The van der Waals surface area contributed by atoms with Crippen LogP contribution < -0.4 is 15.7 Å². The van der Waals surface area contributed by atoms with E-state index in [1.54, 1.807) is 0 Å². The van der Waals surface area contributed by atoms with Gasteiger partial charge in [-0.1, -0.05) is 0 Å². The van der Waals surface area contributed by atoms with E-state index >= 15 is 0 Å². The van der Waals surface area contributed by atoms with Crippen molar-refractivity contribution in [3.63, 3.8) is 0 Å². The number of ether oxygens (including phenoxy) is 1. The molecule has 0 radical (unpaired) electrons. The minimum Gasteiger partial charge on any atom is -0.449 e. The van der Waals surface area contributed by atoms with Crippen LogP contribution in [0.2, 0.25) is 0 Å². The number of hydrogen-bond donors (Lipinski definition) is 4. The molecule has 0 aliphatic rings. The average molecular weight is 534 g/mol. The number of carbonyl (C=O) groups excluding carboxylic acids is 2. The number of aromatic nitrogens is 2. The Morgan fingerprint density at radius 2 is 1.59 bits per heavy atom. The topological polar surface area (TPSA) is 150 Å². The second-order valence-corrected chi connectivity index (χ2v) is 9.41. The summed E-state index contributed by atoms with van der Waals surface area (Å²) >= 11 is 0. The highest BCUT2D eigenvalue weighted by molar-refractivity contribution is 7.92. The molecule has 10 nitrogen and oxygen atoms in total. The van der Waals surface area contributed by atoms with Crippen LogP contribution >= 0.6 is 0 Å². The predicted octanol–water partition coefficient (Wildman–Crippen LogP) is 3.26. The third-order valence-corrected chi connectivity index (χ3v) is 6.50. The summed E-state index contributed by atoms with van der Waals surface area (Å²) in [5.41, 5.74) is -0.304. The Hall–Kier alpha value is -4.59. The number of aromatic amines is 2. The van der Waals surface area contributed by atoms with Crippen molar-refractivity contribution >= 4 is 44.3 Å². The van der Waals surface area contributed by atoms with Gasteiger partial charge in [-0.2, -0.15) is 0 Å². The van der Waals surface area contributed by atoms with Gasteiger partial charge in [-0.05, 0) is 61.5 Å². The van der Waals surface area contributed by atoms with Crippen molar-refractivity contribution in [1.82, 2.24) is 9.97 Å². The largest absolute Gasteiger partial charge is 0.449 e. The van der Waals surface area contributed by atoms with Crippen LogP contribution in [0.5, 0.6) is 0 Å². The first-order valence-electron chi connectivity index (χ1n) is 10.4. The molecule has 0 aliphatic carbocycles. The number of sulfonamides is 1. The third kappa shape index (κ3) is 5.48. The molecule has 192 valence electrons. The molecule has 0 saturated carbocycles. The number of anilines is 2. The zero-order chi connectivity index (χ0) is 26.9. The third-order valence-electron chi connectivity index (χ3n) is 5.12. The molecule has 0 saturated heterocycles. The Morgan fingerprint density at radius 1 is 0.919 bits per heavy atom. The van der Waals surface area contributed by atoms with Crippen LogP contribution in [0.3, 0.4) is 0 Å².